The Labute approximate surface area is 187 Å². The number of benzene rings is 1. The summed E-state index contributed by atoms with van der Waals surface area (Å²) in [5.74, 6) is 1.32. The van der Waals surface area contributed by atoms with Gasteiger partial charge in [-0.05, 0) is 24.6 Å². The smallest absolute Gasteiger partial charge is 0.233 e. The SMILES string of the molecule is CCCCCCn1c(SCC(=O)N2CCN(c3ncccn3)CC2)nc2ccccc21. The summed E-state index contributed by atoms with van der Waals surface area (Å²) in [5, 5.41) is 0.947. The van der Waals surface area contributed by atoms with E-state index in [-0.39, 0.29) is 5.91 Å². The largest absolute Gasteiger partial charge is 0.338 e. The highest BCUT2D eigenvalue weighted by molar-refractivity contribution is 7.99. The summed E-state index contributed by atoms with van der Waals surface area (Å²) in [4.78, 5) is 30.4. The molecule has 0 radical (unpaired) electrons. The molecule has 1 saturated heterocycles. The molecule has 1 fully saturated rings. The minimum atomic E-state index is 0.170. The molecule has 3 aromatic rings. The van der Waals surface area contributed by atoms with E-state index in [0.29, 0.717) is 18.8 Å². The van der Waals surface area contributed by atoms with Gasteiger partial charge in [0.25, 0.3) is 0 Å². The molecule has 0 atom stereocenters. The van der Waals surface area contributed by atoms with Gasteiger partial charge in [-0.25, -0.2) is 15.0 Å². The number of hydrogen-bond acceptors (Lipinski definition) is 6. The Morgan fingerprint density at radius 2 is 1.77 bits per heavy atom. The molecule has 8 heteroatoms. The molecule has 164 valence electrons. The Bertz CT molecular complexity index is 984. The number of anilines is 1. The second kappa shape index (κ2) is 10.6. The number of fused-ring (bicyclic) bond motifs is 1. The predicted molar refractivity (Wildman–Crippen MR) is 125 cm³/mol. The first-order chi connectivity index (χ1) is 15.3. The highest BCUT2D eigenvalue weighted by Gasteiger charge is 2.23. The van der Waals surface area contributed by atoms with Gasteiger partial charge in [0, 0.05) is 45.1 Å². The second-order valence-corrected chi connectivity index (χ2v) is 8.74. The van der Waals surface area contributed by atoms with Crippen molar-refractivity contribution in [3.63, 3.8) is 0 Å². The van der Waals surface area contributed by atoms with Crippen LogP contribution in [0.2, 0.25) is 0 Å². The molecule has 0 spiro atoms. The van der Waals surface area contributed by atoms with E-state index in [1.54, 1.807) is 24.2 Å². The monoisotopic (exact) mass is 438 g/mol. The molecule has 1 aliphatic rings. The fraction of sp³-hybridized carbons (Fsp3) is 0.478. The van der Waals surface area contributed by atoms with Crippen LogP contribution in [0, 0.1) is 0 Å². The number of carbonyl (C=O) groups is 1. The molecule has 1 amide bonds. The number of imidazole rings is 1. The van der Waals surface area contributed by atoms with Gasteiger partial charge in [0.2, 0.25) is 11.9 Å². The molecule has 7 nitrogen and oxygen atoms in total. The highest BCUT2D eigenvalue weighted by Crippen LogP contribution is 2.25. The van der Waals surface area contributed by atoms with Crippen LogP contribution in [0.25, 0.3) is 11.0 Å². The zero-order valence-electron chi connectivity index (χ0n) is 18.1. The lowest BCUT2D eigenvalue weighted by Crippen LogP contribution is -2.49. The first-order valence-electron chi connectivity index (χ1n) is 11.1. The van der Waals surface area contributed by atoms with Crippen LogP contribution in [-0.4, -0.2) is 62.3 Å². The standard InChI is InChI=1S/C23H30N6OS/c1-2-3-4-7-13-29-20-10-6-5-9-19(20)26-23(29)31-18-21(30)27-14-16-28(17-15-27)22-24-11-8-12-25-22/h5-6,8-12H,2-4,7,13-18H2,1H3. The van der Waals surface area contributed by atoms with Gasteiger partial charge in [-0.15, -0.1) is 0 Å². The molecule has 0 bridgehead atoms. The number of piperazine rings is 1. The molecule has 2 aromatic heterocycles. The molecule has 0 unspecified atom stereocenters. The van der Waals surface area contributed by atoms with Crippen LogP contribution in [-0.2, 0) is 11.3 Å². The van der Waals surface area contributed by atoms with Crippen molar-refractivity contribution >= 4 is 34.7 Å². The third-order valence-electron chi connectivity index (χ3n) is 5.65. The van der Waals surface area contributed by atoms with Crippen LogP contribution >= 0.6 is 11.8 Å². The van der Waals surface area contributed by atoms with Crippen molar-refractivity contribution in [3.05, 3.63) is 42.7 Å². The van der Waals surface area contributed by atoms with Crippen LogP contribution in [0.15, 0.2) is 47.9 Å². The summed E-state index contributed by atoms with van der Waals surface area (Å²) in [7, 11) is 0. The number of rotatable bonds is 9. The van der Waals surface area contributed by atoms with Gasteiger partial charge in [0.15, 0.2) is 5.16 Å². The molecular weight excluding hydrogens is 408 g/mol. The lowest BCUT2D eigenvalue weighted by Gasteiger charge is -2.34. The number of nitrogens with zero attached hydrogens (tertiary/aromatic N) is 6. The maximum absolute atomic E-state index is 12.9. The number of hydrogen-bond donors (Lipinski definition) is 0. The predicted octanol–water partition coefficient (Wildman–Crippen LogP) is 3.85. The maximum Gasteiger partial charge on any atom is 0.233 e. The number of thioether (sulfide) groups is 1. The zero-order valence-corrected chi connectivity index (χ0v) is 18.9. The lowest BCUT2D eigenvalue weighted by atomic mass is 10.2. The average Bonchev–Trinajstić information content (AvgIpc) is 3.18. The second-order valence-electron chi connectivity index (χ2n) is 7.80. The topological polar surface area (TPSA) is 67.2 Å². The number of aryl methyl sites for hydroxylation is 1. The summed E-state index contributed by atoms with van der Waals surface area (Å²) in [6, 6.07) is 10.1. The Morgan fingerprint density at radius 3 is 2.55 bits per heavy atom. The molecule has 0 saturated carbocycles. The molecule has 31 heavy (non-hydrogen) atoms. The van der Waals surface area contributed by atoms with Gasteiger partial charge in [-0.3, -0.25) is 4.79 Å². The number of carbonyl (C=O) groups excluding carboxylic acids is 1. The highest BCUT2D eigenvalue weighted by atomic mass is 32.2. The van der Waals surface area contributed by atoms with E-state index in [2.05, 4.69) is 44.6 Å². The molecule has 1 aliphatic heterocycles. The quantitative estimate of drug-likeness (QED) is 0.373. The average molecular weight is 439 g/mol. The van der Waals surface area contributed by atoms with Gasteiger partial charge in [0.1, 0.15) is 0 Å². The summed E-state index contributed by atoms with van der Waals surface area (Å²) in [5.41, 5.74) is 2.16. The van der Waals surface area contributed by atoms with Gasteiger partial charge in [0.05, 0.1) is 16.8 Å². The van der Waals surface area contributed by atoms with Gasteiger partial charge < -0.3 is 14.4 Å². The molecule has 3 heterocycles. The Hall–Kier alpha value is -2.61. The van der Waals surface area contributed by atoms with E-state index in [0.717, 1.165) is 48.2 Å². The van der Waals surface area contributed by atoms with Crippen molar-refractivity contribution < 1.29 is 4.79 Å². The maximum atomic E-state index is 12.9. The zero-order chi connectivity index (χ0) is 21.5. The van der Waals surface area contributed by atoms with Crippen molar-refractivity contribution in [2.45, 2.75) is 44.3 Å². The molecule has 1 aromatic carbocycles. The fourth-order valence-corrected chi connectivity index (χ4v) is 4.85. The molecule has 4 rings (SSSR count). The minimum Gasteiger partial charge on any atom is -0.338 e. The number of amides is 1. The van der Waals surface area contributed by atoms with Crippen LogP contribution in [0.4, 0.5) is 5.95 Å². The Morgan fingerprint density at radius 1 is 1.00 bits per heavy atom. The molecular formula is C23H30N6OS. The Kier molecular flexibility index (Phi) is 7.40. The van der Waals surface area contributed by atoms with E-state index in [4.69, 9.17) is 4.98 Å². The summed E-state index contributed by atoms with van der Waals surface area (Å²) < 4.78 is 2.29. The minimum absolute atomic E-state index is 0.170. The van der Waals surface area contributed by atoms with Gasteiger partial charge >= 0.3 is 0 Å². The molecule has 0 N–H and O–H groups in total. The van der Waals surface area contributed by atoms with E-state index in [1.807, 2.05) is 17.0 Å². The summed E-state index contributed by atoms with van der Waals surface area (Å²) in [6.07, 6.45) is 8.36. The van der Waals surface area contributed by atoms with Crippen LogP contribution in [0.1, 0.15) is 32.6 Å². The number of aromatic nitrogens is 4. The van der Waals surface area contributed by atoms with Crippen molar-refractivity contribution in [3.8, 4) is 0 Å². The van der Waals surface area contributed by atoms with Crippen LogP contribution in [0.5, 0.6) is 0 Å². The van der Waals surface area contributed by atoms with Crippen molar-refractivity contribution in [1.29, 1.82) is 0 Å². The normalized spacial score (nSPS) is 14.4. The number of unbranched alkanes of at least 4 members (excludes halogenated alkanes) is 3. The fourth-order valence-electron chi connectivity index (χ4n) is 3.90. The van der Waals surface area contributed by atoms with E-state index in [9.17, 15) is 4.79 Å². The first kappa shape index (κ1) is 21.6. The van der Waals surface area contributed by atoms with E-state index < -0.39 is 0 Å². The lowest BCUT2D eigenvalue weighted by molar-refractivity contribution is -0.128. The third-order valence-corrected chi connectivity index (χ3v) is 6.61. The summed E-state index contributed by atoms with van der Waals surface area (Å²) >= 11 is 1.56. The van der Waals surface area contributed by atoms with Gasteiger partial charge in [-0.2, -0.15) is 0 Å². The van der Waals surface area contributed by atoms with E-state index >= 15 is 0 Å². The first-order valence-corrected chi connectivity index (χ1v) is 12.1. The van der Waals surface area contributed by atoms with Gasteiger partial charge in [-0.1, -0.05) is 50.1 Å². The molecule has 0 aliphatic carbocycles. The van der Waals surface area contributed by atoms with Crippen molar-refractivity contribution in [2.75, 3.05) is 36.8 Å². The number of para-hydroxylation sites is 2. The van der Waals surface area contributed by atoms with Crippen molar-refractivity contribution in [2.24, 2.45) is 0 Å². The van der Waals surface area contributed by atoms with Crippen LogP contribution in [0.3, 0.4) is 0 Å². The van der Waals surface area contributed by atoms with Crippen LogP contribution < -0.4 is 4.90 Å². The summed E-state index contributed by atoms with van der Waals surface area (Å²) in [6.45, 7) is 6.10. The van der Waals surface area contributed by atoms with E-state index in [1.165, 1.54) is 19.3 Å². The Balaban J connectivity index is 1.35. The van der Waals surface area contributed by atoms with Crippen molar-refractivity contribution in [1.82, 2.24) is 24.4 Å². The third kappa shape index (κ3) is 5.36.